The molecule has 8 nitrogen and oxygen atoms in total. The third-order valence-electron chi connectivity index (χ3n) is 5.86. The van der Waals surface area contributed by atoms with E-state index in [2.05, 4.69) is 0 Å². The number of sulfone groups is 1. The van der Waals surface area contributed by atoms with E-state index in [9.17, 15) is 18.0 Å². The molecule has 39 heavy (non-hydrogen) atoms. The first-order chi connectivity index (χ1) is 18.2. The van der Waals surface area contributed by atoms with Gasteiger partial charge in [-0.15, -0.1) is 11.6 Å². The summed E-state index contributed by atoms with van der Waals surface area (Å²) in [5.74, 6) is -0.648. The Morgan fingerprint density at radius 3 is 1.87 bits per heavy atom. The SMILES string of the molecule is CCS(=O)(=O)C[C@H](COc1c(Cl)cc(C(C)(C)c2ccc(OC[C@H](CCl)OC(C)=O)cc2)cc1Cl)OC(C)=O. The van der Waals surface area contributed by atoms with Crippen LogP contribution < -0.4 is 9.47 Å². The first kappa shape index (κ1) is 33.0. The number of esters is 2. The Balaban J connectivity index is 2.17. The number of alkyl halides is 1. The van der Waals surface area contributed by atoms with Crippen LogP contribution in [0.25, 0.3) is 0 Å². The van der Waals surface area contributed by atoms with Gasteiger partial charge in [0.1, 0.15) is 31.2 Å². The number of ether oxygens (including phenoxy) is 4. The standard InChI is InChI=1S/C27H33Cl3O8S/c1-6-39(33,34)16-23(38-18(3)32)15-36-26-24(29)11-20(12-25(26)30)27(4,5)19-7-9-21(10-8-19)35-14-22(13-28)37-17(2)31/h7-12,22-23H,6,13-16H2,1-5H3/t22-,23-/m0/s1. The van der Waals surface area contributed by atoms with Gasteiger partial charge >= 0.3 is 11.9 Å². The molecule has 0 N–H and O–H groups in total. The summed E-state index contributed by atoms with van der Waals surface area (Å²) in [7, 11) is -3.42. The Morgan fingerprint density at radius 1 is 0.872 bits per heavy atom. The van der Waals surface area contributed by atoms with Crippen LogP contribution in [0.1, 0.15) is 45.7 Å². The maximum absolute atomic E-state index is 12.0. The molecule has 12 heteroatoms. The predicted octanol–water partition coefficient (Wildman–Crippen LogP) is 5.61. The molecule has 0 saturated heterocycles. The van der Waals surface area contributed by atoms with E-state index in [1.165, 1.54) is 20.8 Å². The van der Waals surface area contributed by atoms with Gasteiger partial charge in [-0.25, -0.2) is 8.42 Å². The van der Waals surface area contributed by atoms with Crippen LogP contribution in [0.5, 0.6) is 11.5 Å². The molecule has 216 valence electrons. The maximum Gasteiger partial charge on any atom is 0.303 e. The Morgan fingerprint density at radius 2 is 1.38 bits per heavy atom. The molecular weight excluding hydrogens is 591 g/mol. The second-order valence-electron chi connectivity index (χ2n) is 9.36. The third kappa shape index (κ3) is 10.0. The quantitative estimate of drug-likeness (QED) is 0.197. The number of benzene rings is 2. The molecule has 0 aliphatic heterocycles. The number of rotatable bonds is 14. The van der Waals surface area contributed by atoms with Gasteiger partial charge in [0.25, 0.3) is 0 Å². The molecule has 0 fully saturated rings. The monoisotopic (exact) mass is 622 g/mol. The molecule has 0 unspecified atom stereocenters. The van der Waals surface area contributed by atoms with Crippen molar-refractivity contribution in [1.29, 1.82) is 0 Å². The van der Waals surface area contributed by atoms with Crippen LogP contribution in [0.4, 0.5) is 0 Å². The molecule has 0 amide bonds. The van der Waals surface area contributed by atoms with Gasteiger partial charge in [-0.05, 0) is 35.4 Å². The van der Waals surface area contributed by atoms with Crippen molar-refractivity contribution < 1.29 is 37.0 Å². The molecule has 0 radical (unpaired) electrons. The Bertz CT molecular complexity index is 1220. The van der Waals surface area contributed by atoms with E-state index in [0.717, 1.165) is 11.1 Å². The van der Waals surface area contributed by atoms with Crippen molar-refractivity contribution >= 4 is 56.6 Å². The zero-order valence-electron chi connectivity index (χ0n) is 22.5. The number of halogens is 3. The molecule has 0 saturated carbocycles. The second kappa shape index (κ2) is 14.4. The number of hydrogen-bond acceptors (Lipinski definition) is 8. The lowest BCUT2D eigenvalue weighted by atomic mass is 9.78. The highest BCUT2D eigenvalue weighted by molar-refractivity contribution is 7.91. The molecule has 0 spiro atoms. The molecule has 2 aromatic carbocycles. The highest BCUT2D eigenvalue weighted by atomic mass is 35.5. The second-order valence-corrected chi connectivity index (χ2v) is 12.9. The van der Waals surface area contributed by atoms with Gasteiger partial charge in [0.15, 0.2) is 15.6 Å². The van der Waals surface area contributed by atoms with Gasteiger partial charge in [-0.3, -0.25) is 9.59 Å². The average molecular weight is 624 g/mol. The summed E-state index contributed by atoms with van der Waals surface area (Å²) in [6.45, 7) is 7.92. The third-order valence-corrected chi connectivity index (χ3v) is 8.53. The van der Waals surface area contributed by atoms with Crippen LogP contribution in [-0.4, -0.2) is 63.2 Å². The summed E-state index contributed by atoms with van der Waals surface area (Å²) in [5.41, 5.74) is 1.24. The molecule has 0 aromatic heterocycles. The maximum atomic E-state index is 12.0. The summed E-state index contributed by atoms with van der Waals surface area (Å²) in [4.78, 5) is 22.6. The van der Waals surface area contributed by atoms with E-state index in [-0.39, 0.29) is 46.4 Å². The molecule has 2 atom stereocenters. The largest absolute Gasteiger partial charge is 0.490 e. The first-order valence-corrected chi connectivity index (χ1v) is 15.3. The van der Waals surface area contributed by atoms with Crippen molar-refractivity contribution in [3.05, 3.63) is 57.6 Å². The van der Waals surface area contributed by atoms with Crippen LogP contribution in [-0.2, 0) is 34.3 Å². The van der Waals surface area contributed by atoms with Crippen molar-refractivity contribution in [3.8, 4) is 11.5 Å². The smallest absolute Gasteiger partial charge is 0.303 e. The highest BCUT2D eigenvalue weighted by Crippen LogP contribution is 2.40. The van der Waals surface area contributed by atoms with Gasteiger partial charge in [0, 0.05) is 25.0 Å². The van der Waals surface area contributed by atoms with Gasteiger partial charge in [-0.1, -0.05) is 56.1 Å². The predicted molar refractivity (Wildman–Crippen MR) is 152 cm³/mol. The van der Waals surface area contributed by atoms with Crippen LogP contribution in [0.15, 0.2) is 36.4 Å². The highest BCUT2D eigenvalue weighted by Gasteiger charge is 2.27. The van der Waals surface area contributed by atoms with Gasteiger partial charge in [0.05, 0.1) is 21.7 Å². The minimum atomic E-state index is -3.42. The fraction of sp³-hybridized carbons (Fsp3) is 0.481. The van der Waals surface area contributed by atoms with Gasteiger partial charge in [0.2, 0.25) is 0 Å². The lowest BCUT2D eigenvalue weighted by Crippen LogP contribution is -2.32. The van der Waals surface area contributed by atoms with E-state index >= 15 is 0 Å². The summed E-state index contributed by atoms with van der Waals surface area (Å²) in [6.07, 6.45) is -1.56. The van der Waals surface area contributed by atoms with E-state index in [4.69, 9.17) is 53.8 Å². The molecular formula is C27H33Cl3O8S. The number of carbonyl (C=O) groups excluding carboxylic acids is 2. The first-order valence-electron chi connectivity index (χ1n) is 12.1. The fourth-order valence-corrected chi connectivity index (χ4v) is 5.37. The van der Waals surface area contributed by atoms with Gasteiger partial charge < -0.3 is 18.9 Å². The summed E-state index contributed by atoms with van der Waals surface area (Å²) >= 11 is 18.9. The zero-order valence-corrected chi connectivity index (χ0v) is 25.5. The minimum Gasteiger partial charge on any atom is -0.490 e. The summed E-state index contributed by atoms with van der Waals surface area (Å²) in [6, 6.07) is 10.9. The Kier molecular flexibility index (Phi) is 12.2. The number of hydrogen-bond donors (Lipinski definition) is 0. The lowest BCUT2D eigenvalue weighted by molar-refractivity contribution is -0.147. The lowest BCUT2D eigenvalue weighted by Gasteiger charge is -2.27. The van der Waals surface area contributed by atoms with Crippen molar-refractivity contribution in [3.63, 3.8) is 0 Å². The molecule has 0 aliphatic rings. The average Bonchev–Trinajstić information content (AvgIpc) is 2.85. The van der Waals surface area contributed by atoms with Crippen molar-refractivity contribution in [2.45, 2.75) is 52.2 Å². The van der Waals surface area contributed by atoms with Crippen molar-refractivity contribution in [1.82, 2.24) is 0 Å². The Hall–Kier alpha value is -2.20. The molecule has 2 aromatic rings. The molecule has 0 heterocycles. The Labute approximate surface area is 244 Å². The molecule has 2 rings (SSSR count). The fourth-order valence-electron chi connectivity index (χ4n) is 3.66. The van der Waals surface area contributed by atoms with E-state index in [0.29, 0.717) is 5.75 Å². The van der Waals surface area contributed by atoms with Gasteiger partial charge in [-0.2, -0.15) is 0 Å². The van der Waals surface area contributed by atoms with Crippen LogP contribution in [0.3, 0.4) is 0 Å². The van der Waals surface area contributed by atoms with E-state index < -0.39 is 39.4 Å². The molecule has 0 aliphatic carbocycles. The summed E-state index contributed by atoms with van der Waals surface area (Å²) < 4.78 is 45.7. The van der Waals surface area contributed by atoms with E-state index in [1.54, 1.807) is 24.3 Å². The summed E-state index contributed by atoms with van der Waals surface area (Å²) in [5, 5.41) is 0.450. The molecule has 0 bridgehead atoms. The topological polar surface area (TPSA) is 105 Å². The number of carbonyl (C=O) groups is 2. The van der Waals surface area contributed by atoms with E-state index in [1.807, 2.05) is 26.0 Å². The zero-order chi connectivity index (χ0) is 29.4. The van der Waals surface area contributed by atoms with Crippen molar-refractivity contribution in [2.75, 3.05) is 30.6 Å². The van der Waals surface area contributed by atoms with Crippen LogP contribution >= 0.6 is 34.8 Å². The van der Waals surface area contributed by atoms with Crippen molar-refractivity contribution in [2.24, 2.45) is 0 Å². The normalized spacial score (nSPS) is 13.3. The minimum absolute atomic E-state index is 0.0919. The van der Waals surface area contributed by atoms with Crippen LogP contribution in [0, 0.1) is 0 Å². The van der Waals surface area contributed by atoms with Crippen LogP contribution in [0.2, 0.25) is 10.0 Å².